The summed E-state index contributed by atoms with van der Waals surface area (Å²) in [5.74, 6) is 0.995. The highest BCUT2D eigenvalue weighted by molar-refractivity contribution is 5.76. The molecule has 4 aliphatic rings. The molecule has 4 atom stereocenters. The Morgan fingerprint density at radius 3 is 2.12 bits per heavy atom. The maximum Gasteiger partial charge on any atom is 0.0890 e. The van der Waals surface area contributed by atoms with Gasteiger partial charge in [0, 0.05) is 23.2 Å². The first-order valence-corrected chi connectivity index (χ1v) is 12.6. The van der Waals surface area contributed by atoms with Crippen LogP contribution in [0, 0.1) is 22.7 Å². The average molecular weight is 447 g/mol. The van der Waals surface area contributed by atoms with Crippen LogP contribution in [0.15, 0.2) is 84.0 Å². The van der Waals surface area contributed by atoms with Crippen molar-refractivity contribution in [1.82, 2.24) is 9.97 Å². The van der Waals surface area contributed by atoms with Crippen LogP contribution in [0.1, 0.15) is 64.4 Å². The monoisotopic (exact) mass is 446 g/mol. The number of para-hydroxylation sites is 2. The largest absolute Gasteiger partial charge is 0.249 e. The number of hydrogen-bond acceptors (Lipinski definition) is 2. The van der Waals surface area contributed by atoms with Crippen LogP contribution >= 0.6 is 0 Å². The highest BCUT2D eigenvalue weighted by Gasteiger charge is 2.63. The van der Waals surface area contributed by atoms with Crippen molar-refractivity contribution >= 4 is 17.1 Å². The predicted molar refractivity (Wildman–Crippen MR) is 141 cm³/mol. The fraction of sp³-hybridized carbons (Fsp3) is 0.375. The molecule has 0 saturated carbocycles. The van der Waals surface area contributed by atoms with E-state index in [-0.39, 0.29) is 22.2 Å². The van der Waals surface area contributed by atoms with Crippen LogP contribution < -0.4 is 0 Å². The molecule has 2 aromatic carbocycles. The summed E-state index contributed by atoms with van der Waals surface area (Å²) in [7, 11) is 0. The third-order valence-electron chi connectivity index (χ3n) is 8.39. The van der Waals surface area contributed by atoms with Gasteiger partial charge in [-0.25, -0.2) is 9.97 Å². The minimum Gasteiger partial charge on any atom is -0.249 e. The lowest BCUT2D eigenvalue weighted by molar-refractivity contribution is 0.103. The van der Waals surface area contributed by atoms with E-state index in [0.717, 1.165) is 11.0 Å². The first-order chi connectivity index (χ1) is 16.1. The quantitative estimate of drug-likeness (QED) is 0.355. The van der Waals surface area contributed by atoms with E-state index < -0.39 is 0 Å². The lowest BCUT2D eigenvalue weighted by Crippen LogP contribution is -2.56. The number of benzene rings is 2. The molecular weight excluding hydrogens is 412 g/mol. The second-order valence-corrected chi connectivity index (χ2v) is 12.4. The van der Waals surface area contributed by atoms with Crippen molar-refractivity contribution in [2.75, 3.05) is 0 Å². The molecule has 2 bridgehead atoms. The molecular formula is C32H34N2. The van der Waals surface area contributed by atoms with Crippen molar-refractivity contribution in [2.45, 2.75) is 52.9 Å². The molecule has 1 aromatic heterocycles. The number of aromatic nitrogens is 2. The van der Waals surface area contributed by atoms with Gasteiger partial charge in [-0.05, 0) is 34.1 Å². The third kappa shape index (κ3) is 2.87. The van der Waals surface area contributed by atoms with Crippen LogP contribution in [0.3, 0.4) is 0 Å². The molecule has 7 rings (SSSR count). The first-order valence-electron chi connectivity index (χ1n) is 12.6. The maximum absolute atomic E-state index is 5.36. The van der Waals surface area contributed by atoms with Gasteiger partial charge in [0.05, 0.1) is 22.4 Å². The van der Waals surface area contributed by atoms with Crippen LogP contribution in [-0.4, -0.2) is 9.97 Å². The molecule has 0 unspecified atom stereocenters. The number of hydrogen-bond donors (Lipinski definition) is 0. The molecule has 0 aliphatic heterocycles. The standard InChI is InChI=1S/C32H34N2/c1-30(2,3)23-19-32(31(4,5)6)22-17-16-21(18-20-12-8-7-9-13-20)26(22)27(23)28-29(32)34-25-15-11-10-14-24(25)33-28/h7-19,22,26-27H,1-6H3/b21-18-/t22-,26+,27-,32+/m0/s1. The van der Waals surface area contributed by atoms with Gasteiger partial charge in [-0.1, -0.05) is 114 Å². The van der Waals surface area contributed by atoms with Gasteiger partial charge in [-0.15, -0.1) is 0 Å². The fourth-order valence-electron chi connectivity index (χ4n) is 6.83. The summed E-state index contributed by atoms with van der Waals surface area (Å²) in [5, 5.41) is 0. The van der Waals surface area contributed by atoms with Crippen molar-refractivity contribution in [1.29, 1.82) is 0 Å². The van der Waals surface area contributed by atoms with Gasteiger partial charge < -0.3 is 0 Å². The summed E-state index contributed by atoms with van der Waals surface area (Å²) in [6.45, 7) is 14.3. The highest BCUT2D eigenvalue weighted by atomic mass is 14.9. The van der Waals surface area contributed by atoms with E-state index in [1.54, 1.807) is 0 Å². The van der Waals surface area contributed by atoms with E-state index in [9.17, 15) is 0 Å². The molecule has 0 N–H and O–H groups in total. The number of rotatable bonds is 1. The molecule has 1 heterocycles. The number of allylic oxidation sites excluding steroid dienone is 5. The van der Waals surface area contributed by atoms with Gasteiger partial charge in [0.25, 0.3) is 0 Å². The Morgan fingerprint density at radius 1 is 0.824 bits per heavy atom. The minimum atomic E-state index is -0.204. The van der Waals surface area contributed by atoms with Crippen molar-refractivity contribution in [2.24, 2.45) is 22.7 Å². The van der Waals surface area contributed by atoms with Gasteiger partial charge in [-0.2, -0.15) is 0 Å². The first kappa shape index (κ1) is 21.5. The summed E-state index contributed by atoms with van der Waals surface area (Å²) < 4.78 is 0. The van der Waals surface area contributed by atoms with Gasteiger partial charge in [-0.3, -0.25) is 0 Å². The highest BCUT2D eigenvalue weighted by Crippen LogP contribution is 2.68. The molecule has 2 nitrogen and oxygen atoms in total. The lowest BCUT2D eigenvalue weighted by atomic mass is 9.44. The summed E-state index contributed by atoms with van der Waals surface area (Å²) in [6, 6.07) is 19.1. The van der Waals surface area contributed by atoms with Crippen molar-refractivity contribution < 1.29 is 0 Å². The van der Waals surface area contributed by atoms with Crippen LogP contribution in [0.25, 0.3) is 17.1 Å². The second-order valence-electron chi connectivity index (χ2n) is 12.4. The van der Waals surface area contributed by atoms with E-state index in [4.69, 9.17) is 9.97 Å². The Kier molecular flexibility index (Phi) is 4.44. The molecule has 2 heteroatoms. The van der Waals surface area contributed by atoms with Crippen LogP contribution in [-0.2, 0) is 5.41 Å². The number of nitrogens with zero attached hydrogens (tertiary/aromatic N) is 2. The second kappa shape index (κ2) is 7.01. The van der Waals surface area contributed by atoms with Crippen LogP contribution in [0.2, 0.25) is 0 Å². The number of fused-ring (bicyclic) bond motifs is 1. The predicted octanol–water partition coefficient (Wildman–Crippen LogP) is 7.88. The Balaban J connectivity index is 1.68. The summed E-state index contributed by atoms with van der Waals surface area (Å²) in [5.41, 5.74) is 8.43. The van der Waals surface area contributed by atoms with Crippen LogP contribution in [0.4, 0.5) is 0 Å². The molecule has 0 amide bonds. The van der Waals surface area contributed by atoms with E-state index in [0.29, 0.717) is 11.8 Å². The smallest absolute Gasteiger partial charge is 0.0890 e. The molecule has 0 spiro atoms. The molecule has 172 valence electrons. The van der Waals surface area contributed by atoms with Crippen molar-refractivity contribution in [3.05, 3.63) is 101 Å². The SMILES string of the molecule is CC(C)(C)C1=C[C@]2(C(C)(C)C)c3nc4ccccc4nc3[C@@H]1[C@@H]1/C(=C\c3ccccc3)C=C[C@@H]12. The lowest BCUT2D eigenvalue weighted by Gasteiger charge is -2.59. The van der Waals surface area contributed by atoms with Gasteiger partial charge >= 0.3 is 0 Å². The van der Waals surface area contributed by atoms with E-state index >= 15 is 0 Å². The molecule has 3 aromatic rings. The van der Waals surface area contributed by atoms with Crippen molar-refractivity contribution in [3.8, 4) is 0 Å². The Hall–Kier alpha value is -3.00. The average Bonchev–Trinajstić information content (AvgIpc) is 3.22. The van der Waals surface area contributed by atoms with Gasteiger partial charge in [0.15, 0.2) is 0 Å². The third-order valence-corrected chi connectivity index (χ3v) is 8.39. The van der Waals surface area contributed by atoms with E-state index in [2.05, 4.69) is 120 Å². The van der Waals surface area contributed by atoms with E-state index in [1.165, 1.54) is 28.1 Å². The fourth-order valence-corrected chi connectivity index (χ4v) is 6.83. The summed E-state index contributed by atoms with van der Waals surface area (Å²) in [6.07, 6.45) is 9.89. The van der Waals surface area contributed by atoms with E-state index in [1.807, 2.05) is 0 Å². The maximum atomic E-state index is 5.36. The Labute approximate surface area is 203 Å². The van der Waals surface area contributed by atoms with Crippen LogP contribution in [0.5, 0.6) is 0 Å². The summed E-state index contributed by atoms with van der Waals surface area (Å²) >= 11 is 0. The van der Waals surface area contributed by atoms with Crippen molar-refractivity contribution in [3.63, 3.8) is 0 Å². The zero-order valence-electron chi connectivity index (χ0n) is 21.1. The molecule has 4 aliphatic carbocycles. The zero-order chi connectivity index (χ0) is 23.9. The Morgan fingerprint density at radius 2 is 1.47 bits per heavy atom. The molecule has 34 heavy (non-hydrogen) atoms. The van der Waals surface area contributed by atoms with Gasteiger partial charge in [0.2, 0.25) is 0 Å². The molecule has 0 saturated heterocycles. The molecule has 0 fully saturated rings. The topological polar surface area (TPSA) is 25.8 Å². The van der Waals surface area contributed by atoms with Gasteiger partial charge in [0.1, 0.15) is 0 Å². The minimum absolute atomic E-state index is 0.0176. The normalized spacial score (nSPS) is 28.8. The molecule has 0 radical (unpaired) electrons. The zero-order valence-corrected chi connectivity index (χ0v) is 21.1. The summed E-state index contributed by atoms with van der Waals surface area (Å²) in [4.78, 5) is 10.7. The Bertz CT molecular complexity index is 1380.